The molecule has 0 spiro atoms. The molecule has 2 N–H and O–H groups in total. The number of aromatic nitrogens is 4. The highest BCUT2D eigenvalue weighted by molar-refractivity contribution is 5.92. The van der Waals surface area contributed by atoms with Gasteiger partial charge in [-0.1, -0.05) is 36.4 Å². The van der Waals surface area contributed by atoms with Crippen molar-refractivity contribution in [3.63, 3.8) is 0 Å². The summed E-state index contributed by atoms with van der Waals surface area (Å²) in [7, 11) is 0. The van der Waals surface area contributed by atoms with Crippen molar-refractivity contribution in [2.75, 3.05) is 0 Å². The van der Waals surface area contributed by atoms with Gasteiger partial charge in [0.1, 0.15) is 11.3 Å². The number of benzene rings is 3. The van der Waals surface area contributed by atoms with Crippen molar-refractivity contribution in [2.24, 2.45) is 4.99 Å². The van der Waals surface area contributed by atoms with Crippen molar-refractivity contribution in [1.29, 1.82) is 0 Å². The minimum atomic E-state index is -0.474. The number of fused-ring (bicyclic) bond motifs is 2. The van der Waals surface area contributed by atoms with Gasteiger partial charge in [0, 0.05) is 23.4 Å². The van der Waals surface area contributed by atoms with Crippen molar-refractivity contribution >= 4 is 33.9 Å². The number of aromatic amines is 2. The van der Waals surface area contributed by atoms with Crippen LogP contribution in [-0.2, 0) is 0 Å². The number of para-hydroxylation sites is 2. The molecular formula is C26H17N5O3. The molecule has 34 heavy (non-hydrogen) atoms. The van der Waals surface area contributed by atoms with Crippen molar-refractivity contribution < 1.29 is 4.42 Å². The van der Waals surface area contributed by atoms with E-state index in [1.807, 2.05) is 54.7 Å². The summed E-state index contributed by atoms with van der Waals surface area (Å²) in [6, 6.07) is 24.1. The molecule has 0 bridgehead atoms. The molecule has 0 aliphatic heterocycles. The molecule has 3 aromatic heterocycles. The first-order chi connectivity index (χ1) is 16.6. The number of hydrogen-bond acceptors (Lipinski definition) is 5. The lowest BCUT2D eigenvalue weighted by atomic mass is 10.1. The van der Waals surface area contributed by atoms with Crippen LogP contribution >= 0.6 is 0 Å². The molecule has 0 atom stereocenters. The SMILES string of the molecule is O=c1[nH]c2ccc(N=Cc3cn(-c4ccccc4)nc3-c3cc4ccccc4oc3=O)cc2[nH]1. The van der Waals surface area contributed by atoms with E-state index in [9.17, 15) is 9.59 Å². The fourth-order valence-corrected chi connectivity index (χ4v) is 3.88. The molecule has 164 valence electrons. The van der Waals surface area contributed by atoms with Crippen LogP contribution in [0.15, 0.2) is 104 Å². The summed E-state index contributed by atoms with van der Waals surface area (Å²) in [5.41, 5.74) is 4.08. The number of nitrogens with zero attached hydrogens (tertiary/aromatic N) is 3. The number of nitrogens with one attached hydrogen (secondary N) is 2. The summed E-state index contributed by atoms with van der Waals surface area (Å²) in [5, 5.41) is 5.50. The Hall–Kier alpha value is -4.98. The fraction of sp³-hybridized carbons (Fsp3) is 0. The third-order valence-corrected chi connectivity index (χ3v) is 5.51. The third-order valence-electron chi connectivity index (χ3n) is 5.51. The van der Waals surface area contributed by atoms with Gasteiger partial charge in [-0.25, -0.2) is 14.3 Å². The average Bonchev–Trinajstić information content (AvgIpc) is 3.45. The molecule has 8 nitrogen and oxygen atoms in total. The van der Waals surface area contributed by atoms with Crippen molar-refractivity contribution in [3.8, 4) is 16.9 Å². The lowest BCUT2D eigenvalue weighted by Gasteiger charge is -2.01. The molecule has 0 saturated carbocycles. The monoisotopic (exact) mass is 447 g/mol. The predicted molar refractivity (Wildman–Crippen MR) is 131 cm³/mol. The lowest BCUT2D eigenvalue weighted by molar-refractivity contribution is 0.563. The Balaban J connectivity index is 1.50. The number of H-pyrrole nitrogens is 2. The molecule has 8 heteroatoms. The van der Waals surface area contributed by atoms with Gasteiger partial charge in [0.05, 0.1) is 28.0 Å². The summed E-state index contributed by atoms with van der Waals surface area (Å²) in [6.45, 7) is 0. The normalized spacial score (nSPS) is 11.6. The fourth-order valence-electron chi connectivity index (χ4n) is 3.88. The number of imidazole rings is 1. The van der Waals surface area contributed by atoms with Crippen molar-refractivity contribution in [1.82, 2.24) is 19.7 Å². The maximum Gasteiger partial charge on any atom is 0.345 e. The zero-order chi connectivity index (χ0) is 23.1. The summed E-state index contributed by atoms with van der Waals surface area (Å²) >= 11 is 0. The largest absolute Gasteiger partial charge is 0.422 e. The van der Waals surface area contributed by atoms with E-state index in [4.69, 9.17) is 9.52 Å². The molecule has 6 rings (SSSR count). The Labute approximate surface area is 191 Å². The van der Waals surface area contributed by atoms with Crippen LogP contribution in [0.25, 0.3) is 38.9 Å². The Morgan fingerprint density at radius 3 is 2.56 bits per heavy atom. The zero-order valence-corrected chi connectivity index (χ0v) is 17.7. The summed E-state index contributed by atoms with van der Waals surface area (Å²) < 4.78 is 7.25. The van der Waals surface area contributed by atoms with Gasteiger partial charge in [0.25, 0.3) is 0 Å². The van der Waals surface area contributed by atoms with Gasteiger partial charge in [-0.3, -0.25) is 4.99 Å². The molecule has 3 heterocycles. The maximum absolute atomic E-state index is 12.9. The Kier molecular flexibility index (Phi) is 4.55. The third kappa shape index (κ3) is 3.53. The van der Waals surface area contributed by atoms with Crippen LogP contribution in [0.3, 0.4) is 0 Å². The topological polar surface area (TPSA) is 109 Å². The molecule has 0 aliphatic carbocycles. The molecule has 0 amide bonds. The van der Waals surface area contributed by atoms with Crippen LogP contribution < -0.4 is 11.3 Å². The molecule has 6 aromatic rings. The molecule has 0 aliphatic rings. The summed E-state index contributed by atoms with van der Waals surface area (Å²) in [6.07, 6.45) is 3.47. The van der Waals surface area contributed by atoms with Crippen LogP contribution in [0.4, 0.5) is 5.69 Å². The van der Waals surface area contributed by atoms with E-state index in [1.54, 1.807) is 41.2 Å². The van der Waals surface area contributed by atoms with Crippen LogP contribution in [0.5, 0.6) is 0 Å². The molecule has 0 fully saturated rings. The smallest absolute Gasteiger partial charge is 0.345 e. The van der Waals surface area contributed by atoms with Gasteiger partial charge in [-0.15, -0.1) is 0 Å². The van der Waals surface area contributed by atoms with Gasteiger partial charge < -0.3 is 14.4 Å². The first-order valence-electron chi connectivity index (χ1n) is 10.6. The molecular weight excluding hydrogens is 430 g/mol. The highest BCUT2D eigenvalue weighted by Crippen LogP contribution is 2.25. The highest BCUT2D eigenvalue weighted by Gasteiger charge is 2.16. The lowest BCUT2D eigenvalue weighted by Crippen LogP contribution is -2.05. The molecule has 0 saturated heterocycles. The maximum atomic E-state index is 12.9. The Morgan fingerprint density at radius 2 is 1.68 bits per heavy atom. The van der Waals surface area contributed by atoms with E-state index >= 15 is 0 Å². The van der Waals surface area contributed by atoms with E-state index < -0.39 is 5.63 Å². The van der Waals surface area contributed by atoms with E-state index in [-0.39, 0.29) is 5.69 Å². The van der Waals surface area contributed by atoms with Crippen LogP contribution in [0, 0.1) is 0 Å². The molecule has 3 aromatic carbocycles. The Bertz CT molecular complexity index is 1810. The second-order valence-corrected chi connectivity index (χ2v) is 7.77. The number of hydrogen-bond donors (Lipinski definition) is 2. The Morgan fingerprint density at radius 1 is 0.882 bits per heavy atom. The zero-order valence-electron chi connectivity index (χ0n) is 17.7. The van der Waals surface area contributed by atoms with Gasteiger partial charge >= 0.3 is 11.3 Å². The first kappa shape index (κ1) is 19.7. The number of aliphatic imine (C=N–C) groups is 1. The quantitative estimate of drug-likeness (QED) is 0.305. The summed E-state index contributed by atoms with van der Waals surface area (Å²) in [5.74, 6) is 0. The minimum Gasteiger partial charge on any atom is -0.422 e. The van der Waals surface area contributed by atoms with Gasteiger partial charge in [-0.05, 0) is 42.5 Å². The van der Waals surface area contributed by atoms with Crippen LogP contribution in [-0.4, -0.2) is 26.0 Å². The summed E-state index contributed by atoms with van der Waals surface area (Å²) in [4.78, 5) is 34.4. The van der Waals surface area contributed by atoms with E-state index in [0.717, 1.165) is 11.1 Å². The van der Waals surface area contributed by atoms with E-state index in [0.29, 0.717) is 39.1 Å². The highest BCUT2D eigenvalue weighted by atomic mass is 16.4. The van der Waals surface area contributed by atoms with Gasteiger partial charge in [0.2, 0.25) is 0 Å². The minimum absolute atomic E-state index is 0.273. The second kappa shape index (κ2) is 7.86. The number of rotatable bonds is 4. The second-order valence-electron chi connectivity index (χ2n) is 7.77. The van der Waals surface area contributed by atoms with Crippen molar-refractivity contribution in [2.45, 2.75) is 0 Å². The van der Waals surface area contributed by atoms with E-state index in [2.05, 4.69) is 15.0 Å². The van der Waals surface area contributed by atoms with Gasteiger partial charge in [0.15, 0.2) is 0 Å². The molecule has 0 unspecified atom stereocenters. The standard InChI is InChI=1S/C26H17N5O3/c32-25-20(12-16-6-4-5-9-23(16)34-25)24-17(15-31(30-24)19-7-2-1-3-8-19)14-27-18-10-11-21-22(13-18)29-26(33)28-21/h1-15H,(H2,28,29,33). The van der Waals surface area contributed by atoms with Crippen molar-refractivity contribution in [3.05, 3.63) is 112 Å². The van der Waals surface area contributed by atoms with Crippen LogP contribution in [0.1, 0.15) is 5.56 Å². The average molecular weight is 447 g/mol. The predicted octanol–water partition coefficient (Wildman–Crippen LogP) is 4.57. The van der Waals surface area contributed by atoms with Crippen LogP contribution in [0.2, 0.25) is 0 Å². The first-order valence-corrected chi connectivity index (χ1v) is 10.6. The van der Waals surface area contributed by atoms with Gasteiger partial charge in [-0.2, -0.15) is 5.10 Å². The molecule has 0 radical (unpaired) electrons. The van der Waals surface area contributed by atoms with E-state index in [1.165, 1.54) is 0 Å².